The Hall–Kier alpha value is -3.63. The van der Waals surface area contributed by atoms with E-state index in [4.69, 9.17) is 17.0 Å². The van der Waals surface area contributed by atoms with E-state index < -0.39 is 53.7 Å². The first kappa shape index (κ1) is 21.1. The highest BCUT2D eigenvalue weighted by molar-refractivity contribution is 6.16. The molecule has 1 aromatic carbocycles. The number of carbonyl (C=O) groups excluding carboxylic acids is 4. The maximum atomic E-state index is 13.0. The number of ether oxygens (including phenoxy) is 1. The molecule has 0 radical (unpaired) electrons. The maximum absolute atomic E-state index is 13.0. The van der Waals surface area contributed by atoms with Crippen molar-refractivity contribution in [2.75, 3.05) is 11.9 Å². The van der Waals surface area contributed by atoms with Crippen LogP contribution in [0.25, 0.3) is 0 Å². The monoisotopic (exact) mass is 421 g/mol. The molecule has 4 amide bonds. The summed E-state index contributed by atoms with van der Waals surface area (Å²) in [5.41, 5.74) is 3.54. The van der Waals surface area contributed by atoms with E-state index >= 15 is 0 Å². The number of carbonyl (C=O) groups is 5. The van der Waals surface area contributed by atoms with Gasteiger partial charge < -0.3 is 31.1 Å². The molecule has 0 aliphatic carbocycles. The zero-order valence-corrected chi connectivity index (χ0v) is 16.7. The summed E-state index contributed by atoms with van der Waals surface area (Å²) in [5, 5.41) is 11.3. The van der Waals surface area contributed by atoms with Crippen molar-refractivity contribution in [1.82, 2.24) is 10.6 Å². The molecule has 5 N–H and O–H groups in total. The predicted molar refractivity (Wildman–Crippen MR) is 104 cm³/mol. The lowest BCUT2D eigenvalue weighted by atomic mass is 10.00. The van der Waals surface area contributed by atoms with Crippen molar-refractivity contribution in [3.63, 3.8) is 0 Å². The smallest absolute Gasteiger partial charge is 0.303 e. The van der Waals surface area contributed by atoms with E-state index in [0.717, 1.165) is 0 Å². The minimum Gasteiger partial charge on any atom is -0.481 e. The molecular weight excluding hydrogens is 396 g/mol. The number of nitrogens with zero attached hydrogens (tertiary/aromatic N) is 1. The average molecular weight is 421 g/mol. The summed E-state index contributed by atoms with van der Waals surface area (Å²) >= 11 is 0. The molecule has 1 aliphatic heterocycles. The quantitative estimate of drug-likeness (QED) is 0.396. The molecule has 30 heavy (non-hydrogen) atoms. The number of fused-ring (bicyclic) bond motifs is 1. The highest BCUT2D eigenvalue weighted by Crippen LogP contribution is 2.36. The standard InChI is InChI=1S/C19H24N4O7/c1-10(16(27)22-11(15(20)26)8-9-14(24)25)21-17(28)19(2)18(29)23(3)12-6-4-5-7-13(12)30-19/h4-7,10-11H,8-9H2,1-3H3,(H2,20,26)(H,21,28)(H,22,27)(H,24,25)/t10-,11+,19?/m1/s1/i/hD. The largest absolute Gasteiger partial charge is 0.481 e. The number of para-hydroxylation sites is 2. The summed E-state index contributed by atoms with van der Waals surface area (Å²) in [6.45, 7) is 2.42. The Morgan fingerprint density at radius 1 is 1.33 bits per heavy atom. The number of hydrogen-bond donors (Lipinski definition) is 4. The summed E-state index contributed by atoms with van der Waals surface area (Å²) in [7, 11) is 1.46. The first-order valence-corrected chi connectivity index (χ1v) is 9.10. The Morgan fingerprint density at radius 3 is 2.57 bits per heavy atom. The number of rotatable bonds is 8. The molecule has 0 saturated heterocycles. The van der Waals surface area contributed by atoms with E-state index in [1.807, 2.05) is 0 Å². The molecule has 3 atom stereocenters. The Kier molecular flexibility index (Phi) is 6.19. The predicted octanol–water partition coefficient (Wildman–Crippen LogP) is -0.860. The van der Waals surface area contributed by atoms with Gasteiger partial charge in [0.15, 0.2) is 1.41 Å². The zero-order valence-electron chi connectivity index (χ0n) is 17.7. The number of carboxylic acid groups (broad SMARTS) is 1. The molecule has 11 nitrogen and oxygen atoms in total. The summed E-state index contributed by atoms with van der Waals surface area (Å²) < 4.78 is 13.7. The molecule has 1 aliphatic rings. The third kappa shape index (κ3) is 4.67. The van der Waals surface area contributed by atoms with Gasteiger partial charge in [-0.25, -0.2) is 0 Å². The van der Waals surface area contributed by atoms with Gasteiger partial charge in [0.2, 0.25) is 11.8 Å². The number of hydrogen-bond acceptors (Lipinski definition) is 6. The lowest BCUT2D eigenvalue weighted by Crippen LogP contribution is -2.64. The first-order chi connectivity index (χ1) is 14.4. The lowest BCUT2D eigenvalue weighted by Gasteiger charge is -2.38. The van der Waals surface area contributed by atoms with Crippen LogP contribution in [0.4, 0.5) is 5.69 Å². The van der Waals surface area contributed by atoms with Crippen molar-refractivity contribution in [1.29, 1.82) is 0 Å². The summed E-state index contributed by atoms with van der Waals surface area (Å²) in [6, 6.07) is 3.81. The van der Waals surface area contributed by atoms with E-state index in [2.05, 4.69) is 5.32 Å². The number of likely N-dealkylation sites (N-methyl/N-ethyl adjacent to an activating group) is 1. The summed E-state index contributed by atoms with van der Waals surface area (Å²) in [5.74, 6) is -4.62. The van der Waals surface area contributed by atoms with Gasteiger partial charge >= 0.3 is 5.97 Å². The molecule has 11 heteroatoms. The highest BCUT2D eigenvalue weighted by atomic mass is 16.5. The summed E-state index contributed by atoms with van der Waals surface area (Å²) in [4.78, 5) is 61.7. The molecule has 2 rings (SSSR count). The summed E-state index contributed by atoms with van der Waals surface area (Å²) in [6.07, 6.45) is -0.673. The SMILES string of the molecule is [2H]N(C(=O)C1(C)Oc2ccccc2N(C)C1=O)[C@H](C)C(=O)N[C@@H](CCC(=O)O)C(N)=O. The third-order valence-corrected chi connectivity index (χ3v) is 4.66. The number of carboxylic acids is 1. The highest BCUT2D eigenvalue weighted by Gasteiger charge is 2.50. The molecule has 1 heterocycles. The van der Waals surface area contributed by atoms with Crippen LogP contribution >= 0.6 is 0 Å². The number of anilines is 1. The van der Waals surface area contributed by atoms with Crippen LogP contribution in [0, 0.1) is 0 Å². The fraction of sp³-hybridized carbons (Fsp3) is 0.421. The Balaban J connectivity index is 2.17. The molecule has 0 aromatic heterocycles. The number of aliphatic carboxylic acids is 1. The van der Waals surface area contributed by atoms with Crippen molar-refractivity contribution in [3.8, 4) is 5.75 Å². The molecule has 1 unspecified atom stereocenters. The number of benzene rings is 1. The van der Waals surface area contributed by atoms with Crippen LogP contribution in [-0.2, 0) is 24.0 Å². The average Bonchev–Trinajstić information content (AvgIpc) is 2.72. The van der Waals surface area contributed by atoms with Gasteiger partial charge in [-0.3, -0.25) is 24.0 Å². The van der Waals surface area contributed by atoms with Gasteiger partial charge in [0.1, 0.15) is 17.8 Å². The Morgan fingerprint density at radius 2 is 1.97 bits per heavy atom. The number of primary amides is 1. The van der Waals surface area contributed by atoms with Crippen LogP contribution in [0.2, 0.25) is 1.41 Å². The Bertz CT molecular complexity index is 924. The fourth-order valence-electron chi connectivity index (χ4n) is 2.85. The number of nitrogens with one attached hydrogen (secondary N) is 2. The molecule has 0 fully saturated rings. The molecular formula is C19H24N4O7. The fourth-order valence-corrected chi connectivity index (χ4v) is 2.85. The minimum atomic E-state index is -2.09. The van der Waals surface area contributed by atoms with Gasteiger partial charge in [-0.05, 0) is 32.4 Å². The van der Waals surface area contributed by atoms with E-state index in [-0.39, 0.29) is 17.5 Å². The van der Waals surface area contributed by atoms with Crippen molar-refractivity contribution in [2.24, 2.45) is 5.73 Å². The molecule has 0 bridgehead atoms. The zero-order chi connectivity index (χ0) is 23.5. The molecule has 1 aromatic rings. The van der Waals surface area contributed by atoms with Crippen LogP contribution in [0.1, 0.15) is 26.7 Å². The first-order valence-electron chi connectivity index (χ1n) is 9.55. The van der Waals surface area contributed by atoms with Crippen molar-refractivity contribution in [2.45, 2.75) is 44.4 Å². The van der Waals surface area contributed by atoms with Gasteiger partial charge in [-0.2, -0.15) is 0 Å². The maximum Gasteiger partial charge on any atom is 0.303 e. The van der Waals surface area contributed by atoms with Crippen LogP contribution in [-0.4, -0.2) is 59.4 Å². The molecule has 162 valence electrons. The van der Waals surface area contributed by atoms with Crippen LogP contribution in [0.5, 0.6) is 5.75 Å². The van der Waals surface area contributed by atoms with E-state index in [1.165, 1.54) is 25.8 Å². The van der Waals surface area contributed by atoms with Crippen molar-refractivity contribution < 1.29 is 35.2 Å². The van der Waals surface area contributed by atoms with E-state index in [0.29, 0.717) is 5.69 Å². The molecule has 0 saturated carbocycles. The van der Waals surface area contributed by atoms with E-state index in [9.17, 15) is 24.0 Å². The van der Waals surface area contributed by atoms with Crippen LogP contribution < -0.4 is 26.0 Å². The lowest BCUT2D eigenvalue weighted by molar-refractivity contribution is -0.149. The van der Waals surface area contributed by atoms with Crippen LogP contribution in [0.15, 0.2) is 24.3 Å². The van der Waals surface area contributed by atoms with Crippen molar-refractivity contribution in [3.05, 3.63) is 24.3 Å². The second-order valence-corrected chi connectivity index (χ2v) is 6.97. The third-order valence-electron chi connectivity index (χ3n) is 4.66. The van der Waals surface area contributed by atoms with Gasteiger partial charge in [-0.1, -0.05) is 12.1 Å². The van der Waals surface area contributed by atoms with Gasteiger partial charge in [-0.15, -0.1) is 0 Å². The number of amides is 4. The van der Waals surface area contributed by atoms with Gasteiger partial charge in [0.05, 0.1) is 5.69 Å². The Labute approximate surface area is 174 Å². The number of nitrogens with two attached hydrogens (primary N) is 1. The van der Waals surface area contributed by atoms with Gasteiger partial charge in [0.25, 0.3) is 17.4 Å². The molecule has 0 spiro atoms. The van der Waals surface area contributed by atoms with Crippen LogP contribution in [0.3, 0.4) is 0 Å². The minimum absolute atomic E-state index is 0.254. The van der Waals surface area contributed by atoms with Gasteiger partial charge in [0, 0.05) is 13.5 Å². The second kappa shape index (κ2) is 8.80. The van der Waals surface area contributed by atoms with E-state index in [1.54, 1.807) is 24.3 Å². The van der Waals surface area contributed by atoms with Crippen molar-refractivity contribution >= 4 is 35.3 Å². The normalized spacial score (nSPS) is 20.2. The second-order valence-electron chi connectivity index (χ2n) is 6.97. The topological polar surface area (TPSA) is 168 Å².